The second-order valence-corrected chi connectivity index (χ2v) is 69.8. The van der Waals surface area contributed by atoms with Crippen molar-refractivity contribution in [2.75, 3.05) is 137 Å². The van der Waals surface area contributed by atoms with Crippen LogP contribution in [0.4, 0.5) is 0 Å². The molecule has 0 bridgehead atoms. The first-order valence-electron chi connectivity index (χ1n) is 37.9. The molecule has 47 heteroatoms. The van der Waals surface area contributed by atoms with Crippen LogP contribution in [0.1, 0.15) is 50.7 Å². The second kappa shape index (κ2) is 58.3. The lowest BCUT2D eigenvalue weighted by molar-refractivity contribution is -0.248. The molecule has 2 aromatic rings. The number of hydrogen-bond acceptors (Lipinski definition) is 31. The summed E-state index contributed by atoms with van der Waals surface area (Å²) < 4.78 is 147. The van der Waals surface area contributed by atoms with Crippen LogP contribution in [0.15, 0.2) is 48.5 Å². The van der Waals surface area contributed by atoms with Crippen LogP contribution in [0, 0.1) is 0 Å². The van der Waals surface area contributed by atoms with Gasteiger partial charge in [0.05, 0.1) is 82.3 Å². The van der Waals surface area contributed by atoms with Crippen LogP contribution in [0.5, 0.6) is 11.5 Å². The van der Waals surface area contributed by atoms with E-state index in [0.717, 1.165) is 107 Å². The molecule has 0 aliphatic carbocycles. The summed E-state index contributed by atoms with van der Waals surface area (Å²) >= 11 is 0. The van der Waals surface area contributed by atoms with Crippen molar-refractivity contribution >= 4 is 145 Å². The average Bonchev–Trinajstić information content (AvgIpc) is 1.34. The predicted molar refractivity (Wildman–Crippen MR) is 456 cm³/mol. The van der Waals surface area contributed by atoms with E-state index in [1.165, 1.54) is 53.8 Å². The van der Waals surface area contributed by atoms with Crippen LogP contribution in [0.3, 0.4) is 0 Å². The minimum absolute atomic E-state index is 0.172. The van der Waals surface area contributed by atoms with Crippen molar-refractivity contribution in [1.82, 2.24) is 0 Å². The first kappa shape index (κ1) is 105. The van der Waals surface area contributed by atoms with Gasteiger partial charge in [-0.1, -0.05) is 38.1 Å². The maximum Gasteiger partial charge on any atom is 0.319 e. The van der Waals surface area contributed by atoms with Crippen molar-refractivity contribution in [1.29, 1.82) is 0 Å². The van der Waals surface area contributed by atoms with E-state index >= 15 is 0 Å². The summed E-state index contributed by atoms with van der Waals surface area (Å²) in [7, 11) is -15.8. The van der Waals surface area contributed by atoms with Gasteiger partial charge in [-0.15, -0.1) is 0 Å². The van der Waals surface area contributed by atoms with Gasteiger partial charge < -0.3 is 108 Å². The number of hydrogen-bond donors (Lipinski definition) is 0. The van der Waals surface area contributed by atoms with Gasteiger partial charge in [0.2, 0.25) is 0 Å². The molecule has 640 valence electrons. The Morgan fingerprint density at radius 2 is 0.550 bits per heavy atom. The fourth-order valence-electron chi connectivity index (χ4n) is 11.6. The lowest BCUT2D eigenvalue weighted by Gasteiger charge is -2.41. The van der Waals surface area contributed by atoms with Crippen molar-refractivity contribution in [3.8, 4) is 11.5 Å². The van der Waals surface area contributed by atoms with Gasteiger partial charge in [0.25, 0.3) is 83.6 Å². The second-order valence-electron chi connectivity index (χ2n) is 27.5. The zero-order chi connectivity index (χ0) is 81.5. The molecule has 0 spiro atoms. The molecular weight excluding hydrogens is 1690 g/mol. The molecular formula is C62H142O31Si16. The molecule has 0 amide bonds. The number of epoxide rings is 2. The highest BCUT2D eigenvalue weighted by molar-refractivity contribution is 6.86. The van der Waals surface area contributed by atoms with Crippen molar-refractivity contribution in [2.45, 2.75) is 192 Å². The molecule has 0 aromatic heterocycles. The highest BCUT2D eigenvalue weighted by Gasteiger charge is 2.46. The first-order chi connectivity index (χ1) is 51.6. The van der Waals surface area contributed by atoms with Gasteiger partial charge in [-0.3, -0.25) is 0 Å². The molecule has 6 saturated heterocycles. The SMILES string of the molecule is COCCCOCC1CO1.COCC[Si]1(C)O[SiH](C)O[SiH](C)O[SiH](C)O1.COCC[Si]1(C)O[SiH](C)O[Si](C)(CCCOCC2CO2)O[SiH](C)O1.COOC.COOC.COOC.C[SiH]1O[SiH](C)O[Si](C)(CCCOc2ccc(C(C)(C)c3ccc(OCCC[Si]4(C)O[SiH](C)O[SiH](C)O[SiH](C)O4)cc3)cc2)O[SiH](C)O1. The zero-order valence-corrected chi connectivity index (χ0v) is 88.6. The van der Waals surface area contributed by atoms with Gasteiger partial charge in [0.15, 0.2) is 0 Å². The van der Waals surface area contributed by atoms with Crippen LogP contribution in [0.2, 0.25) is 135 Å². The van der Waals surface area contributed by atoms with Crippen LogP contribution in [-0.4, -0.2) is 294 Å². The maximum atomic E-state index is 6.39. The number of benzene rings is 2. The van der Waals surface area contributed by atoms with E-state index in [9.17, 15) is 0 Å². The number of ether oxygens (including phenoxy) is 9. The highest BCUT2D eigenvalue weighted by Crippen LogP contribution is 2.35. The Bertz CT molecular complexity index is 2410. The van der Waals surface area contributed by atoms with E-state index in [0.29, 0.717) is 45.2 Å². The van der Waals surface area contributed by atoms with Crippen LogP contribution in [0.25, 0.3) is 0 Å². The standard InChI is InChI=1S/C29H56O10Si8.C13H32O7Si4.C7H22O5Si4.C7H14O3.3C2H6O2/c1-29(2,25-13-17-27(18-14-25)30-21-11-23-46(9)36-42(5)32-40(3)33-43(6)37-46)26-15-19-28(20-16-26)31-22-12-24-47(10)38-44(7)34-41(4)35-45(8)39-47;1-14-8-10-24(5)19-21(2)17-23(4,18-22(3)20-24)9-6-7-15-11-13-12-16-13;1-8-6-7-16(5)11-14(3)9-13(2)10-15(4)12-16;1-8-3-2-4-9-5-7-6-10-7;3*1-3-4-2/h13-20,40-45H,11-12,21-24H2,1-10H3;13,21-22H,6-12H2,1-5H3;13-15H,6-7H2,1-5H3;7H,2-6H2,1H3;3*1-2H3. The van der Waals surface area contributed by atoms with Crippen molar-refractivity contribution in [3.63, 3.8) is 0 Å². The van der Waals surface area contributed by atoms with E-state index in [1.54, 1.807) is 21.3 Å². The Balaban J connectivity index is 0.000000535. The van der Waals surface area contributed by atoms with Crippen molar-refractivity contribution in [3.05, 3.63) is 59.7 Å². The molecule has 10 unspecified atom stereocenters. The Morgan fingerprint density at radius 3 is 0.798 bits per heavy atom. The molecule has 8 rings (SSSR count). The summed E-state index contributed by atoms with van der Waals surface area (Å²) in [6.45, 7) is 45.8. The minimum Gasteiger partial charge on any atom is -0.494 e. The van der Waals surface area contributed by atoms with Crippen molar-refractivity contribution < 1.29 is 138 Å². The zero-order valence-electron chi connectivity index (χ0n) is 70.9. The van der Waals surface area contributed by atoms with Crippen molar-refractivity contribution in [2.24, 2.45) is 0 Å². The quantitative estimate of drug-likeness (QED) is 0.0217. The molecule has 10 atom stereocenters. The van der Waals surface area contributed by atoms with Gasteiger partial charge in [0.1, 0.15) is 23.7 Å². The normalized spacial score (nSPS) is 31.9. The van der Waals surface area contributed by atoms with E-state index in [1.807, 2.05) is 19.6 Å². The third-order valence-corrected chi connectivity index (χ3v) is 74.3. The fourth-order valence-corrected chi connectivity index (χ4v) is 72.5. The lowest BCUT2D eigenvalue weighted by atomic mass is 9.78. The van der Waals surface area contributed by atoms with E-state index in [-0.39, 0.29) is 5.41 Å². The topological polar surface area (TPSA) is 293 Å². The van der Waals surface area contributed by atoms with E-state index in [4.69, 9.17) is 108 Å². The number of rotatable bonds is 33. The summed E-state index contributed by atoms with van der Waals surface area (Å²) in [6.07, 6.45) is 4.37. The Labute approximate surface area is 678 Å². The largest absolute Gasteiger partial charge is 0.494 e. The molecule has 31 nitrogen and oxygen atoms in total. The van der Waals surface area contributed by atoms with Gasteiger partial charge >= 0.3 is 61.4 Å². The summed E-state index contributed by atoms with van der Waals surface area (Å²) in [6, 6.07) is 21.2. The third-order valence-electron chi connectivity index (χ3n) is 16.7. The Hall–Kier alpha value is 0.350. The molecule has 6 aliphatic rings. The van der Waals surface area contributed by atoms with Gasteiger partial charge in [-0.2, -0.15) is 0 Å². The molecule has 0 N–H and O–H groups in total. The molecule has 6 fully saturated rings. The van der Waals surface area contributed by atoms with Crippen LogP contribution in [-0.2, 0) is 134 Å². The smallest absolute Gasteiger partial charge is 0.319 e. The molecule has 6 aliphatic heterocycles. The predicted octanol–water partition coefficient (Wildman–Crippen LogP) is 7.68. The van der Waals surface area contributed by atoms with E-state index < -0.39 is 145 Å². The Kier molecular flexibility index (Phi) is 56.4. The summed E-state index contributed by atoms with van der Waals surface area (Å²) in [5.74, 6) is 1.74. The molecule has 0 saturated carbocycles. The van der Waals surface area contributed by atoms with Gasteiger partial charge in [-0.25, -0.2) is 29.3 Å². The van der Waals surface area contributed by atoms with Gasteiger partial charge in [-0.05, 0) is 184 Å². The fraction of sp³-hybridized carbons (Fsp3) is 0.806. The molecule has 2 aromatic carbocycles. The number of methoxy groups -OCH3 is 3. The molecule has 6 heterocycles. The molecule has 109 heavy (non-hydrogen) atoms. The van der Waals surface area contributed by atoms with E-state index in [2.05, 4.69) is 177 Å². The minimum atomic E-state index is -2.32. The monoisotopic (exact) mass is 1830 g/mol. The average molecular weight is 1830 g/mol. The van der Waals surface area contributed by atoms with Gasteiger partial charge in [0, 0.05) is 71.9 Å². The maximum absolute atomic E-state index is 6.39. The lowest BCUT2D eigenvalue weighted by Crippen LogP contribution is -2.58. The summed E-state index contributed by atoms with van der Waals surface area (Å²) in [5.41, 5.74) is 2.28. The van der Waals surface area contributed by atoms with Crippen LogP contribution < -0.4 is 9.47 Å². The molecule has 0 radical (unpaired) electrons. The van der Waals surface area contributed by atoms with Crippen LogP contribution >= 0.6 is 0 Å². The highest BCUT2D eigenvalue weighted by atomic mass is 28.5. The third kappa shape index (κ3) is 49.5. The Morgan fingerprint density at radius 1 is 0.312 bits per heavy atom. The first-order valence-corrected chi connectivity index (χ1v) is 73.5. The summed E-state index contributed by atoms with van der Waals surface area (Å²) in [5, 5.41) is 0. The summed E-state index contributed by atoms with van der Waals surface area (Å²) in [4.78, 5) is 24.3.